The van der Waals surface area contributed by atoms with Gasteiger partial charge in [-0.15, -0.1) is 0 Å². The summed E-state index contributed by atoms with van der Waals surface area (Å²) in [7, 11) is 1.19. The van der Waals surface area contributed by atoms with Crippen molar-refractivity contribution in [3.63, 3.8) is 0 Å². The minimum absolute atomic E-state index is 0.0301. The molecule has 0 heterocycles. The molecule has 0 amide bonds. The zero-order valence-corrected chi connectivity index (χ0v) is 49.4. The van der Waals surface area contributed by atoms with E-state index in [9.17, 15) is 41.7 Å². The first kappa shape index (κ1) is 61.5. The SMILES string of the molecule is CCCCNc1ccc(NC)c2c1C(=O)c1ccccc1C2=O.CCCNc1ccc(NC(C)C)c2c1C(=O)c1ccccc1C2=O.CN(C)Cc1ccccc1.Nc1c(S(=O)(=O)O)cc(Nc2ccccc2)c2c1C(=O)c1ccccc1C2=O. The summed E-state index contributed by atoms with van der Waals surface area (Å²) in [4.78, 5) is 79.6. The summed E-state index contributed by atoms with van der Waals surface area (Å²) in [5.74, 6) is -1.42. The molecule has 0 spiro atoms. The van der Waals surface area contributed by atoms with Gasteiger partial charge >= 0.3 is 0 Å². The van der Waals surface area contributed by atoms with Gasteiger partial charge in [0.15, 0.2) is 34.7 Å². The lowest BCUT2D eigenvalue weighted by atomic mass is 9.82. The van der Waals surface area contributed by atoms with Crippen molar-refractivity contribution in [1.29, 1.82) is 0 Å². The van der Waals surface area contributed by atoms with Crippen LogP contribution in [0.2, 0.25) is 0 Å². The Morgan fingerprint density at radius 2 is 0.859 bits per heavy atom. The summed E-state index contributed by atoms with van der Waals surface area (Å²) < 4.78 is 33.2. The van der Waals surface area contributed by atoms with E-state index in [0.29, 0.717) is 55.9 Å². The van der Waals surface area contributed by atoms with E-state index in [0.717, 1.165) is 62.0 Å². The summed E-state index contributed by atoms with van der Waals surface area (Å²) in [6.45, 7) is 10.8. The highest BCUT2D eigenvalue weighted by atomic mass is 32.2. The van der Waals surface area contributed by atoms with Crippen LogP contribution in [-0.4, -0.2) is 92.8 Å². The van der Waals surface area contributed by atoms with Crippen LogP contribution in [0.15, 0.2) is 169 Å². The van der Waals surface area contributed by atoms with Gasteiger partial charge in [0.1, 0.15) is 4.90 Å². The number of benzene rings is 8. The molecule has 0 aliphatic heterocycles. The Bertz CT molecular complexity index is 3980. The lowest BCUT2D eigenvalue weighted by molar-refractivity contribution is 0.0980. The topological polar surface area (TPSA) is 246 Å². The average molecular weight is 1160 g/mol. The summed E-state index contributed by atoms with van der Waals surface area (Å²) >= 11 is 0. The van der Waals surface area contributed by atoms with Gasteiger partial charge < -0.3 is 37.2 Å². The van der Waals surface area contributed by atoms with Gasteiger partial charge in [0.2, 0.25) is 0 Å². The van der Waals surface area contributed by atoms with Crippen molar-refractivity contribution in [2.75, 3.05) is 66.6 Å². The van der Waals surface area contributed by atoms with Crippen LogP contribution in [0.3, 0.4) is 0 Å². The lowest BCUT2D eigenvalue weighted by Crippen LogP contribution is -2.25. The lowest BCUT2D eigenvalue weighted by Gasteiger charge is -2.24. The van der Waals surface area contributed by atoms with E-state index in [-0.39, 0.29) is 57.1 Å². The van der Waals surface area contributed by atoms with Crippen molar-refractivity contribution >= 4 is 84.6 Å². The number of hydrogen-bond donors (Lipinski definition) is 7. The summed E-state index contributed by atoms with van der Waals surface area (Å²) in [6, 6.07) is 48.2. The molecule has 0 fully saturated rings. The molecule has 3 aliphatic rings. The molecule has 3 aliphatic carbocycles. The van der Waals surface area contributed by atoms with Crippen molar-refractivity contribution < 1.29 is 41.7 Å². The standard InChI is InChI=1S/C20H14N2O5S.C20H22N2O2.C19H20N2O2.C9H13N/c21-18-15(28(25,26)27)10-14(22-11-6-2-1-3-7-11)16-17(18)20(24)13-9-5-4-8-12(13)19(16)23;1-4-11-21-15-9-10-16(22-12(2)3)18-17(15)19(23)13-7-5-6-8-14(13)20(18)24;1-3-4-11-21-15-10-9-14(20-2)16-17(15)19(23)13-8-6-5-7-12(13)18(16)22;1-10(2)8-9-6-4-3-5-7-9/h1-10,22H,21H2,(H,25,26,27);5-10,12,21-22H,4,11H2,1-3H3;5-10,20-21H,3-4,11H2,1-2H3;3-7H,8H2,1-2H3. The second-order valence-electron chi connectivity index (χ2n) is 21.0. The Kier molecular flexibility index (Phi) is 19.7. The van der Waals surface area contributed by atoms with Gasteiger partial charge in [-0.2, -0.15) is 8.42 Å². The molecule has 8 N–H and O–H groups in total. The first-order chi connectivity index (χ1) is 40.8. The zero-order chi connectivity index (χ0) is 61.1. The predicted octanol–water partition coefficient (Wildman–Crippen LogP) is 12.6. The Morgan fingerprint density at radius 3 is 1.27 bits per heavy atom. The molecule has 0 saturated heterocycles. The molecule has 11 rings (SSSR count). The molecule has 17 heteroatoms. The first-order valence-corrected chi connectivity index (χ1v) is 29.5. The molecular formula is C68H69N7O9S. The quantitative estimate of drug-likeness (QED) is 0.0286. The number of rotatable bonds is 15. The Labute approximate surface area is 496 Å². The number of unbranched alkanes of at least 4 members (excludes halogenated alkanes) is 1. The molecule has 16 nitrogen and oxygen atoms in total. The maximum Gasteiger partial charge on any atom is 0.296 e. The average Bonchev–Trinajstić information content (AvgIpc) is 3.15. The highest BCUT2D eigenvalue weighted by molar-refractivity contribution is 7.86. The molecule has 0 radical (unpaired) electrons. The van der Waals surface area contributed by atoms with Crippen LogP contribution in [0.25, 0.3) is 0 Å². The normalized spacial score (nSPS) is 12.5. The van der Waals surface area contributed by atoms with Crippen molar-refractivity contribution in [2.24, 2.45) is 0 Å². The van der Waals surface area contributed by atoms with E-state index in [2.05, 4.69) is 83.7 Å². The highest BCUT2D eigenvalue weighted by Crippen LogP contribution is 2.41. The maximum absolute atomic E-state index is 13.1. The number of hydrogen-bond acceptors (Lipinski definition) is 15. The number of para-hydroxylation sites is 1. The number of ketones is 6. The van der Waals surface area contributed by atoms with Crippen LogP contribution >= 0.6 is 0 Å². The largest absolute Gasteiger partial charge is 0.397 e. The number of fused-ring (bicyclic) bond motifs is 6. The highest BCUT2D eigenvalue weighted by Gasteiger charge is 2.38. The smallest absolute Gasteiger partial charge is 0.296 e. The third-order valence-corrected chi connectivity index (χ3v) is 15.0. The van der Waals surface area contributed by atoms with E-state index in [1.807, 2.05) is 44.2 Å². The number of nitrogens with one attached hydrogen (secondary N) is 5. The van der Waals surface area contributed by atoms with E-state index < -0.39 is 32.3 Å². The third-order valence-electron chi connectivity index (χ3n) is 14.1. The van der Waals surface area contributed by atoms with E-state index in [4.69, 9.17) is 5.73 Å². The van der Waals surface area contributed by atoms with Crippen LogP contribution in [0, 0.1) is 0 Å². The Hall–Kier alpha value is -9.55. The molecule has 0 unspecified atom stereocenters. The van der Waals surface area contributed by atoms with E-state index in [1.54, 1.807) is 98.0 Å². The molecule has 436 valence electrons. The van der Waals surface area contributed by atoms with Crippen LogP contribution in [0.1, 0.15) is 148 Å². The van der Waals surface area contributed by atoms with Gasteiger partial charge in [-0.25, -0.2) is 0 Å². The van der Waals surface area contributed by atoms with Gasteiger partial charge in [-0.1, -0.05) is 142 Å². The summed E-state index contributed by atoms with van der Waals surface area (Å²) in [6.07, 6.45) is 3.03. The van der Waals surface area contributed by atoms with Crippen molar-refractivity contribution in [1.82, 2.24) is 4.90 Å². The second kappa shape index (κ2) is 27.2. The van der Waals surface area contributed by atoms with Crippen molar-refractivity contribution in [3.05, 3.63) is 236 Å². The van der Waals surface area contributed by atoms with Crippen LogP contribution < -0.4 is 32.3 Å². The fourth-order valence-corrected chi connectivity index (χ4v) is 10.9. The molecule has 85 heavy (non-hydrogen) atoms. The fraction of sp³-hybridized carbons (Fsp3) is 0.206. The Balaban J connectivity index is 0.000000154. The molecule has 0 bridgehead atoms. The maximum atomic E-state index is 13.1. The number of nitrogens with two attached hydrogens (primary N) is 1. The minimum Gasteiger partial charge on any atom is -0.397 e. The Morgan fingerprint density at radius 1 is 0.482 bits per heavy atom. The van der Waals surface area contributed by atoms with Crippen LogP contribution in [0.4, 0.5) is 39.8 Å². The molecule has 0 atom stereocenters. The van der Waals surface area contributed by atoms with Crippen molar-refractivity contribution in [2.45, 2.75) is 64.4 Å². The van der Waals surface area contributed by atoms with Crippen molar-refractivity contribution in [3.8, 4) is 0 Å². The van der Waals surface area contributed by atoms with Crippen LogP contribution in [-0.2, 0) is 16.7 Å². The predicted molar refractivity (Wildman–Crippen MR) is 338 cm³/mol. The van der Waals surface area contributed by atoms with Gasteiger partial charge in [-0.05, 0) is 88.8 Å². The third kappa shape index (κ3) is 13.5. The number of carbonyl (C=O) groups is 6. The van der Waals surface area contributed by atoms with Gasteiger partial charge in [0.25, 0.3) is 10.1 Å². The molecule has 8 aromatic rings. The van der Waals surface area contributed by atoms with E-state index in [1.165, 1.54) is 17.7 Å². The molecule has 0 saturated carbocycles. The molecule has 0 aromatic heterocycles. The molecular weight excluding hydrogens is 1090 g/mol. The summed E-state index contributed by atoms with van der Waals surface area (Å²) in [5, 5.41) is 15.9. The van der Waals surface area contributed by atoms with E-state index >= 15 is 0 Å². The van der Waals surface area contributed by atoms with Gasteiger partial charge in [0, 0.05) is 94.5 Å². The number of nitrogen functional groups attached to an aromatic ring is 1. The number of nitrogens with zero attached hydrogens (tertiary/aromatic N) is 1. The van der Waals surface area contributed by atoms with Gasteiger partial charge in [0.05, 0.1) is 44.8 Å². The van der Waals surface area contributed by atoms with Crippen LogP contribution in [0.5, 0.6) is 0 Å². The molecule has 8 aromatic carbocycles. The minimum atomic E-state index is -4.73. The first-order valence-electron chi connectivity index (χ1n) is 28.1. The zero-order valence-electron chi connectivity index (χ0n) is 48.6. The monoisotopic (exact) mass is 1160 g/mol. The fourth-order valence-electron chi connectivity index (χ4n) is 10.3. The summed E-state index contributed by atoms with van der Waals surface area (Å²) in [5.41, 5.74) is 14.2. The van der Waals surface area contributed by atoms with Gasteiger partial charge in [-0.3, -0.25) is 33.3 Å². The second-order valence-corrected chi connectivity index (χ2v) is 22.4. The number of anilines is 7. The number of carbonyl (C=O) groups excluding carboxylic acids is 6.